The van der Waals surface area contributed by atoms with Crippen molar-refractivity contribution in [1.82, 2.24) is 15.3 Å². The van der Waals surface area contributed by atoms with Gasteiger partial charge in [0.25, 0.3) is 0 Å². The zero-order valence-electron chi connectivity index (χ0n) is 7.23. The van der Waals surface area contributed by atoms with Crippen molar-refractivity contribution in [3.63, 3.8) is 0 Å². The largest absolute Gasteiger partial charge is 0.472 e. The number of aromatic nitrogens is 2. The molecule has 2 rings (SSSR count). The minimum atomic E-state index is 0.205. The summed E-state index contributed by atoms with van der Waals surface area (Å²) in [7, 11) is 0. The van der Waals surface area contributed by atoms with Gasteiger partial charge in [0.15, 0.2) is 0 Å². The van der Waals surface area contributed by atoms with Gasteiger partial charge in [-0.1, -0.05) is 0 Å². The summed E-state index contributed by atoms with van der Waals surface area (Å²) in [5, 5.41) is 3.20. The fourth-order valence-electron chi connectivity index (χ4n) is 1.32. The van der Waals surface area contributed by atoms with Gasteiger partial charge < -0.3 is 15.8 Å². The molecule has 13 heavy (non-hydrogen) atoms. The summed E-state index contributed by atoms with van der Waals surface area (Å²) in [6.45, 7) is 1.87. The maximum absolute atomic E-state index is 5.54. The average molecular weight is 180 g/mol. The Labute approximate surface area is 76.3 Å². The summed E-state index contributed by atoms with van der Waals surface area (Å²) in [4.78, 5) is 7.90. The van der Waals surface area contributed by atoms with Crippen LogP contribution in [0.15, 0.2) is 12.4 Å². The predicted molar refractivity (Wildman–Crippen MR) is 48.3 cm³/mol. The van der Waals surface area contributed by atoms with Gasteiger partial charge in [0.1, 0.15) is 11.9 Å². The van der Waals surface area contributed by atoms with E-state index < -0.39 is 0 Å². The van der Waals surface area contributed by atoms with Crippen molar-refractivity contribution < 1.29 is 4.74 Å². The minimum absolute atomic E-state index is 0.205. The molecule has 0 aromatic carbocycles. The molecular weight excluding hydrogens is 168 g/mol. The van der Waals surface area contributed by atoms with E-state index in [1.165, 1.54) is 6.20 Å². The molecule has 5 heteroatoms. The second kappa shape index (κ2) is 3.57. The molecular formula is C8H12N4O. The lowest BCUT2D eigenvalue weighted by Crippen LogP contribution is -2.20. The van der Waals surface area contributed by atoms with Gasteiger partial charge in [-0.15, -0.1) is 0 Å². The molecule has 0 spiro atoms. The first-order chi connectivity index (χ1) is 6.34. The highest BCUT2D eigenvalue weighted by Crippen LogP contribution is 2.11. The first-order valence-electron chi connectivity index (χ1n) is 4.29. The monoisotopic (exact) mass is 180 g/mol. The Kier molecular flexibility index (Phi) is 2.27. The number of nitrogen functional groups attached to an aromatic ring is 1. The van der Waals surface area contributed by atoms with Gasteiger partial charge in [-0.3, -0.25) is 4.98 Å². The van der Waals surface area contributed by atoms with Crippen molar-refractivity contribution in [2.75, 3.05) is 18.8 Å². The molecule has 70 valence electrons. The van der Waals surface area contributed by atoms with Crippen LogP contribution in [-0.4, -0.2) is 29.2 Å². The molecule has 0 radical (unpaired) electrons. The summed E-state index contributed by atoms with van der Waals surface area (Å²) < 4.78 is 5.54. The van der Waals surface area contributed by atoms with Crippen LogP contribution >= 0.6 is 0 Å². The molecule has 1 aliphatic rings. The molecule has 5 nitrogen and oxygen atoms in total. The van der Waals surface area contributed by atoms with Gasteiger partial charge in [0, 0.05) is 6.54 Å². The standard InChI is InChI=1S/C8H12N4O/c9-7-4-11-5-8(12-7)13-6-1-2-10-3-6/h4-6,10H,1-3H2,(H2,9,12)/t6-/m0/s1. The van der Waals surface area contributed by atoms with E-state index in [4.69, 9.17) is 10.5 Å². The van der Waals surface area contributed by atoms with Crippen LogP contribution in [0, 0.1) is 0 Å². The van der Waals surface area contributed by atoms with Gasteiger partial charge in [0.2, 0.25) is 5.88 Å². The molecule has 1 saturated heterocycles. The number of hydrogen-bond donors (Lipinski definition) is 2. The van der Waals surface area contributed by atoms with E-state index in [1.54, 1.807) is 6.20 Å². The van der Waals surface area contributed by atoms with Crippen molar-refractivity contribution in [1.29, 1.82) is 0 Å². The second-order valence-corrected chi connectivity index (χ2v) is 3.01. The van der Waals surface area contributed by atoms with Crippen LogP contribution in [0.4, 0.5) is 5.82 Å². The summed E-state index contributed by atoms with van der Waals surface area (Å²) in [5.74, 6) is 0.900. The highest BCUT2D eigenvalue weighted by molar-refractivity contribution is 5.26. The molecule has 1 aromatic heterocycles. The van der Waals surface area contributed by atoms with E-state index in [0.29, 0.717) is 11.7 Å². The number of ether oxygens (including phenoxy) is 1. The molecule has 2 heterocycles. The molecule has 1 aliphatic heterocycles. The summed E-state index contributed by atoms with van der Waals surface area (Å²) >= 11 is 0. The van der Waals surface area contributed by atoms with E-state index in [1.807, 2.05) is 0 Å². The third-order valence-electron chi connectivity index (χ3n) is 1.93. The third-order valence-corrected chi connectivity index (χ3v) is 1.93. The van der Waals surface area contributed by atoms with Crippen molar-refractivity contribution in [2.45, 2.75) is 12.5 Å². The zero-order valence-corrected chi connectivity index (χ0v) is 7.23. The maximum Gasteiger partial charge on any atom is 0.234 e. The molecule has 1 fully saturated rings. The Balaban J connectivity index is 2.00. The molecule has 1 atom stereocenters. The lowest BCUT2D eigenvalue weighted by molar-refractivity contribution is 0.213. The summed E-state index contributed by atoms with van der Waals surface area (Å²) in [6.07, 6.45) is 4.29. The highest BCUT2D eigenvalue weighted by atomic mass is 16.5. The molecule has 0 unspecified atom stereocenters. The van der Waals surface area contributed by atoms with Gasteiger partial charge in [0.05, 0.1) is 12.4 Å². The first kappa shape index (κ1) is 8.25. The highest BCUT2D eigenvalue weighted by Gasteiger charge is 2.16. The predicted octanol–water partition coefficient (Wildman–Crippen LogP) is -0.201. The lowest BCUT2D eigenvalue weighted by Gasteiger charge is -2.10. The number of nitrogens with two attached hydrogens (primary N) is 1. The fraction of sp³-hybridized carbons (Fsp3) is 0.500. The number of rotatable bonds is 2. The van der Waals surface area contributed by atoms with Crippen LogP contribution in [0.2, 0.25) is 0 Å². The van der Waals surface area contributed by atoms with Crippen LogP contribution in [0.5, 0.6) is 5.88 Å². The van der Waals surface area contributed by atoms with Gasteiger partial charge in [-0.25, -0.2) is 0 Å². The van der Waals surface area contributed by atoms with E-state index in [2.05, 4.69) is 15.3 Å². The average Bonchev–Trinajstić information content (AvgIpc) is 2.57. The fourth-order valence-corrected chi connectivity index (χ4v) is 1.32. The molecule has 0 amide bonds. The van der Waals surface area contributed by atoms with Crippen LogP contribution in [0.25, 0.3) is 0 Å². The maximum atomic E-state index is 5.54. The van der Waals surface area contributed by atoms with E-state index >= 15 is 0 Å². The smallest absolute Gasteiger partial charge is 0.234 e. The van der Waals surface area contributed by atoms with Crippen molar-refractivity contribution in [3.05, 3.63) is 12.4 Å². The Morgan fingerprint density at radius 2 is 2.46 bits per heavy atom. The zero-order chi connectivity index (χ0) is 9.10. The van der Waals surface area contributed by atoms with Gasteiger partial charge >= 0.3 is 0 Å². The Hall–Kier alpha value is -1.36. The number of nitrogens with zero attached hydrogens (tertiary/aromatic N) is 2. The van der Waals surface area contributed by atoms with Crippen LogP contribution < -0.4 is 15.8 Å². The first-order valence-corrected chi connectivity index (χ1v) is 4.29. The number of nitrogens with one attached hydrogen (secondary N) is 1. The van der Waals surface area contributed by atoms with E-state index in [0.717, 1.165) is 19.5 Å². The third kappa shape index (κ3) is 2.06. The minimum Gasteiger partial charge on any atom is -0.472 e. The number of anilines is 1. The van der Waals surface area contributed by atoms with Gasteiger partial charge in [-0.05, 0) is 13.0 Å². The van der Waals surface area contributed by atoms with Crippen molar-refractivity contribution in [2.24, 2.45) is 0 Å². The summed E-state index contributed by atoms with van der Waals surface area (Å²) in [6, 6.07) is 0. The van der Waals surface area contributed by atoms with Crippen LogP contribution in [-0.2, 0) is 0 Å². The topological polar surface area (TPSA) is 73.1 Å². The van der Waals surface area contributed by atoms with Crippen molar-refractivity contribution in [3.8, 4) is 5.88 Å². The number of hydrogen-bond acceptors (Lipinski definition) is 5. The second-order valence-electron chi connectivity index (χ2n) is 3.01. The molecule has 0 bridgehead atoms. The molecule has 3 N–H and O–H groups in total. The Morgan fingerprint density at radius 1 is 1.54 bits per heavy atom. The quantitative estimate of drug-likeness (QED) is 0.659. The Morgan fingerprint density at radius 3 is 3.15 bits per heavy atom. The van der Waals surface area contributed by atoms with Crippen molar-refractivity contribution >= 4 is 5.82 Å². The normalized spacial score (nSPS) is 21.7. The Bertz CT molecular complexity index is 285. The van der Waals surface area contributed by atoms with Crippen LogP contribution in [0.1, 0.15) is 6.42 Å². The van der Waals surface area contributed by atoms with E-state index in [-0.39, 0.29) is 6.10 Å². The van der Waals surface area contributed by atoms with Crippen LogP contribution in [0.3, 0.4) is 0 Å². The van der Waals surface area contributed by atoms with E-state index in [9.17, 15) is 0 Å². The molecule has 1 aromatic rings. The SMILES string of the molecule is Nc1cncc(O[C@H]2CCNC2)n1. The molecule has 0 aliphatic carbocycles. The molecule has 0 saturated carbocycles. The lowest BCUT2D eigenvalue weighted by atomic mass is 10.3. The summed E-state index contributed by atoms with van der Waals surface area (Å²) in [5.41, 5.74) is 5.46. The van der Waals surface area contributed by atoms with Gasteiger partial charge in [-0.2, -0.15) is 4.98 Å².